The van der Waals surface area contributed by atoms with Gasteiger partial charge in [-0.05, 0) is 43.9 Å². The highest BCUT2D eigenvalue weighted by Gasteiger charge is 2.27. The number of aryl methyl sites for hydroxylation is 2. The largest absolute Gasteiger partial charge is 0.325 e. The third-order valence-electron chi connectivity index (χ3n) is 5.87. The van der Waals surface area contributed by atoms with Gasteiger partial charge >= 0.3 is 0 Å². The molecule has 0 saturated carbocycles. The number of hydrogen-bond donors (Lipinski definition) is 2. The van der Waals surface area contributed by atoms with Crippen LogP contribution in [0.5, 0.6) is 0 Å². The first-order chi connectivity index (χ1) is 15.1. The fourth-order valence-corrected chi connectivity index (χ4v) is 5.18. The molecule has 2 aromatic heterocycles. The Morgan fingerprint density at radius 1 is 1.21 bits per heavy atom. The van der Waals surface area contributed by atoms with Gasteiger partial charge in [0.25, 0.3) is 0 Å². The summed E-state index contributed by atoms with van der Waals surface area (Å²) >= 11 is 6.59. The molecule has 0 spiro atoms. The van der Waals surface area contributed by atoms with E-state index in [2.05, 4.69) is 41.4 Å². The highest BCUT2D eigenvalue weighted by Crippen LogP contribution is 2.37. The van der Waals surface area contributed by atoms with Gasteiger partial charge in [-0.1, -0.05) is 45.4 Å². The van der Waals surface area contributed by atoms with Crippen LogP contribution in [-0.4, -0.2) is 46.1 Å². The number of aromatic nitrogens is 4. The lowest BCUT2D eigenvalue weighted by Crippen LogP contribution is -2.23. The van der Waals surface area contributed by atoms with E-state index in [1.807, 2.05) is 26.8 Å². The van der Waals surface area contributed by atoms with E-state index in [1.165, 1.54) is 6.26 Å². The molecule has 0 fully saturated rings. The first-order valence-corrected chi connectivity index (χ1v) is 13.3. The maximum absolute atomic E-state index is 12.8. The summed E-state index contributed by atoms with van der Waals surface area (Å²) < 4.78 is 24.7. The summed E-state index contributed by atoms with van der Waals surface area (Å²) in [6.07, 6.45) is 1.44. The number of fused-ring (bicyclic) bond motifs is 1. The van der Waals surface area contributed by atoms with Crippen LogP contribution in [0.2, 0.25) is 5.02 Å². The van der Waals surface area contributed by atoms with Crippen molar-refractivity contribution >= 4 is 38.7 Å². The lowest BCUT2D eigenvalue weighted by atomic mass is 9.92. The van der Waals surface area contributed by atoms with Crippen LogP contribution in [0, 0.1) is 26.7 Å². The van der Waals surface area contributed by atoms with Crippen molar-refractivity contribution < 1.29 is 13.2 Å². The number of nitrogens with one attached hydrogen (secondary N) is 2. The monoisotopic (exact) mass is 493 g/mol. The molecule has 180 valence electrons. The fraction of sp³-hybridized carbons (Fsp3) is 0.522. The number of carbonyl (C=O) groups excluding carboxylic acids is 1. The Hall–Kier alpha value is -2.39. The first-order valence-electron chi connectivity index (χ1n) is 10.8. The van der Waals surface area contributed by atoms with E-state index in [-0.39, 0.29) is 23.5 Å². The highest BCUT2D eigenvalue weighted by atomic mass is 35.5. The molecule has 3 rings (SSSR count). The molecule has 1 amide bonds. The molecule has 1 unspecified atom stereocenters. The van der Waals surface area contributed by atoms with Crippen LogP contribution in [-0.2, 0) is 20.0 Å². The Kier molecular flexibility index (Phi) is 6.70. The van der Waals surface area contributed by atoms with Gasteiger partial charge < -0.3 is 5.32 Å². The summed E-state index contributed by atoms with van der Waals surface area (Å²) in [5.41, 5.74) is 5.52. The first kappa shape index (κ1) is 25.2. The van der Waals surface area contributed by atoms with E-state index in [9.17, 15) is 13.2 Å². The average Bonchev–Trinajstić information content (AvgIpc) is 3.23. The Bertz CT molecular complexity index is 1330. The van der Waals surface area contributed by atoms with Gasteiger partial charge in [-0.2, -0.15) is 0 Å². The van der Waals surface area contributed by atoms with E-state index < -0.39 is 15.8 Å². The van der Waals surface area contributed by atoms with Gasteiger partial charge in [0.1, 0.15) is 14.9 Å². The molecule has 0 aliphatic rings. The second-order valence-corrected chi connectivity index (χ2v) is 12.6. The number of amides is 1. The van der Waals surface area contributed by atoms with E-state index >= 15 is 0 Å². The maximum Gasteiger partial charge on any atom is 0.227 e. The van der Waals surface area contributed by atoms with Crippen molar-refractivity contribution in [2.24, 2.45) is 5.92 Å². The Balaban J connectivity index is 2.04. The summed E-state index contributed by atoms with van der Waals surface area (Å²) in [7, 11) is -3.13. The van der Waals surface area contributed by atoms with Crippen molar-refractivity contribution in [1.82, 2.24) is 19.8 Å². The van der Waals surface area contributed by atoms with E-state index in [4.69, 9.17) is 11.6 Å². The SMILES string of the molecule is Cc1cc(C)c(-c2nnc3c(Cl)c(C(C)(C)C)[nH]n23)c(C)c1NC(=O)C(C)CCS(C)(=O)=O. The predicted octanol–water partition coefficient (Wildman–Crippen LogP) is 4.61. The Morgan fingerprint density at radius 2 is 1.85 bits per heavy atom. The van der Waals surface area contributed by atoms with Gasteiger partial charge in [0.2, 0.25) is 5.91 Å². The van der Waals surface area contributed by atoms with Gasteiger partial charge in [0.05, 0.1) is 11.4 Å². The van der Waals surface area contributed by atoms with Crippen LogP contribution >= 0.6 is 11.6 Å². The molecule has 10 heteroatoms. The highest BCUT2D eigenvalue weighted by molar-refractivity contribution is 7.90. The number of sulfone groups is 1. The Morgan fingerprint density at radius 3 is 2.42 bits per heavy atom. The topological polar surface area (TPSA) is 109 Å². The molecule has 0 aliphatic carbocycles. The van der Waals surface area contributed by atoms with Gasteiger partial charge in [0.15, 0.2) is 11.5 Å². The van der Waals surface area contributed by atoms with Crippen LogP contribution in [0.15, 0.2) is 6.07 Å². The summed E-state index contributed by atoms with van der Waals surface area (Å²) in [5.74, 6) is -0.0817. The molecule has 0 bridgehead atoms. The van der Waals surface area contributed by atoms with Crippen molar-refractivity contribution in [3.63, 3.8) is 0 Å². The zero-order valence-electron chi connectivity index (χ0n) is 20.4. The normalized spacial score (nSPS) is 13.5. The quantitative estimate of drug-likeness (QED) is 0.521. The van der Waals surface area contributed by atoms with Crippen molar-refractivity contribution in [3.8, 4) is 11.4 Å². The molecule has 1 aromatic carbocycles. The van der Waals surface area contributed by atoms with Crippen LogP contribution < -0.4 is 5.32 Å². The van der Waals surface area contributed by atoms with Gasteiger partial charge in [0, 0.05) is 28.8 Å². The molecule has 0 saturated heterocycles. The number of benzene rings is 1. The summed E-state index contributed by atoms with van der Waals surface area (Å²) in [6.45, 7) is 13.8. The number of rotatable bonds is 6. The van der Waals surface area contributed by atoms with Crippen molar-refractivity contribution in [2.45, 2.75) is 60.3 Å². The zero-order valence-corrected chi connectivity index (χ0v) is 22.0. The number of halogens is 1. The lowest BCUT2D eigenvalue weighted by Gasteiger charge is -2.19. The van der Waals surface area contributed by atoms with Gasteiger partial charge in [-0.3, -0.25) is 9.89 Å². The number of nitrogens with zero attached hydrogens (tertiary/aromatic N) is 3. The minimum Gasteiger partial charge on any atom is -0.325 e. The number of hydrogen-bond acceptors (Lipinski definition) is 5. The molecule has 8 nitrogen and oxygen atoms in total. The van der Waals surface area contributed by atoms with E-state index in [1.54, 1.807) is 11.4 Å². The molecule has 1 atom stereocenters. The molecule has 0 radical (unpaired) electrons. The summed E-state index contributed by atoms with van der Waals surface area (Å²) in [6, 6.07) is 2.00. The second-order valence-electron chi connectivity index (χ2n) is 9.93. The second kappa shape index (κ2) is 8.76. The third kappa shape index (κ3) is 5.09. The van der Waals surface area contributed by atoms with Crippen LogP contribution in [0.3, 0.4) is 0 Å². The fourth-order valence-electron chi connectivity index (χ4n) is 3.95. The van der Waals surface area contributed by atoms with Crippen LogP contribution in [0.4, 0.5) is 5.69 Å². The standard InChI is InChI=1S/C23H32ClN5O3S/c1-12(9-10-33(8,31)32)22(30)25-18-14(3)11-13(2)16(15(18)4)20-26-27-21-17(24)19(23(5,6)7)28-29(20)21/h11-12,28H,9-10H2,1-8H3,(H,25,30). The number of carbonyl (C=O) groups is 1. The van der Waals surface area contributed by atoms with Crippen molar-refractivity contribution in [2.75, 3.05) is 17.3 Å². The van der Waals surface area contributed by atoms with Crippen molar-refractivity contribution in [1.29, 1.82) is 0 Å². The molecule has 33 heavy (non-hydrogen) atoms. The van der Waals surface area contributed by atoms with Gasteiger partial charge in [-0.25, -0.2) is 12.9 Å². The maximum atomic E-state index is 12.8. The summed E-state index contributed by atoms with van der Waals surface area (Å²) in [4.78, 5) is 12.8. The predicted molar refractivity (Wildman–Crippen MR) is 133 cm³/mol. The van der Waals surface area contributed by atoms with E-state index in [0.717, 1.165) is 27.9 Å². The average molecular weight is 494 g/mol. The zero-order chi connectivity index (χ0) is 24.9. The summed E-state index contributed by atoms with van der Waals surface area (Å²) in [5, 5.41) is 15.6. The number of anilines is 1. The smallest absolute Gasteiger partial charge is 0.227 e. The molecular weight excluding hydrogens is 462 g/mol. The molecule has 2 heterocycles. The van der Waals surface area contributed by atoms with Crippen LogP contribution in [0.1, 0.15) is 56.5 Å². The van der Waals surface area contributed by atoms with Crippen LogP contribution in [0.25, 0.3) is 17.0 Å². The lowest BCUT2D eigenvalue weighted by molar-refractivity contribution is -0.119. The Labute approximate surface area is 200 Å². The number of H-pyrrole nitrogens is 1. The molecular formula is C23H32ClN5O3S. The molecule has 0 aliphatic heterocycles. The minimum absolute atomic E-state index is 0.0277. The molecule has 2 N–H and O–H groups in total. The van der Waals surface area contributed by atoms with E-state index in [0.29, 0.717) is 22.2 Å². The number of aromatic amines is 1. The van der Waals surface area contributed by atoms with Gasteiger partial charge in [-0.15, -0.1) is 10.2 Å². The minimum atomic E-state index is -3.13. The third-order valence-corrected chi connectivity index (χ3v) is 7.20. The van der Waals surface area contributed by atoms with Crippen molar-refractivity contribution in [3.05, 3.63) is 33.5 Å². The molecule has 3 aromatic rings.